The van der Waals surface area contributed by atoms with Crippen LogP contribution in [0.5, 0.6) is 0 Å². The summed E-state index contributed by atoms with van der Waals surface area (Å²) in [5.41, 5.74) is -0.377. The Bertz CT molecular complexity index is 87.7. The van der Waals surface area contributed by atoms with Crippen LogP contribution in [0.15, 0.2) is 4.99 Å². The SMILES string of the molecule is CCC(Cl)N=C=O. The molecule has 0 amide bonds. The molecule has 0 aliphatic rings. The molecule has 0 saturated carbocycles. The monoisotopic (exact) mass is 119 g/mol. The molecule has 0 aliphatic carbocycles. The summed E-state index contributed by atoms with van der Waals surface area (Å²) < 4.78 is 0. The van der Waals surface area contributed by atoms with Crippen LogP contribution in [0.2, 0.25) is 0 Å². The van der Waals surface area contributed by atoms with E-state index in [2.05, 4.69) is 4.99 Å². The molecule has 0 aromatic carbocycles. The standard InChI is InChI=1S/C4H6ClNO/c1-2-4(5)6-3-7/h4H,2H2,1H3. The van der Waals surface area contributed by atoms with E-state index in [-0.39, 0.29) is 5.50 Å². The van der Waals surface area contributed by atoms with Gasteiger partial charge in [0.15, 0.2) is 0 Å². The fourth-order valence-electron chi connectivity index (χ4n) is 0.148. The molecule has 0 aromatic rings. The molecule has 0 spiro atoms. The van der Waals surface area contributed by atoms with Gasteiger partial charge < -0.3 is 0 Å². The van der Waals surface area contributed by atoms with Crippen LogP contribution in [0, 0.1) is 0 Å². The maximum Gasteiger partial charge on any atom is 0.236 e. The molecule has 0 saturated heterocycles. The quantitative estimate of drug-likeness (QED) is 0.233. The van der Waals surface area contributed by atoms with Crippen LogP contribution < -0.4 is 0 Å². The summed E-state index contributed by atoms with van der Waals surface area (Å²) in [7, 11) is 0. The van der Waals surface area contributed by atoms with E-state index in [4.69, 9.17) is 11.6 Å². The van der Waals surface area contributed by atoms with E-state index < -0.39 is 0 Å². The maximum atomic E-state index is 9.40. The highest BCUT2D eigenvalue weighted by atomic mass is 35.5. The van der Waals surface area contributed by atoms with E-state index in [9.17, 15) is 4.79 Å². The molecule has 0 aliphatic heterocycles. The number of carbonyl (C=O) groups excluding carboxylic acids is 1. The molecular weight excluding hydrogens is 114 g/mol. The molecule has 0 radical (unpaired) electrons. The van der Waals surface area contributed by atoms with E-state index in [1.54, 1.807) is 0 Å². The van der Waals surface area contributed by atoms with Gasteiger partial charge in [0.05, 0.1) is 0 Å². The van der Waals surface area contributed by atoms with E-state index in [0.717, 1.165) is 0 Å². The van der Waals surface area contributed by atoms with Crippen LogP contribution in [0.1, 0.15) is 13.3 Å². The Labute approximate surface area is 47.2 Å². The predicted octanol–water partition coefficient (Wildman–Crippen LogP) is 1.30. The van der Waals surface area contributed by atoms with Gasteiger partial charge in [-0.25, -0.2) is 4.79 Å². The summed E-state index contributed by atoms with van der Waals surface area (Å²) in [6, 6.07) is 0. The summed E-state index contributed by atoms with van der Waals surface area (Å²) >= 11 is 5.34. The highest BCUT2D eigenvalue weighted by Crippen LogP contribution is 1.99. The number of isocyanates is 1. The number of halogens is 1. The lowest BCUT2D eigenvalue weighted by Gasteiger charge is -1.88. The molecule has 1 atom stereocenters. The number of aliphatic imine (C=N–C) groups is 1. The van der Waals surface area contributed by atoms with Gasteiger partial charge >= 0.3 is 0 Å². The Morgan fingerprint density at radius 1 is 2.00 bits per heavy atom. The zero-order valence-corrected chi connectivity index (χ0v) is 4.77. The lowest BCUT2D eigenvalue weighted by Crippen LogP contribution is -1.86. The van der Waals surface area contributed by atoms with Gasteiger partial charge in [-0.2, -0.15) is 4.99 Å². The first-order chi connectivity index (χ1) is 3.31. The van der Waals surface area contributed by atoms with Crippen molar-refractivity contribution < 1.29 is 4.79 Å². The van der Waals surface area contributed by atoms with Crippen LogP contribution in [-0.4, -0.2) is 11.6 Å². The van der Waals surface area contributed by atoms with Gasteiger partial charge in [-0.15, -0.1) is 0 Å². The first kappa shape index (κ1) is 6.67. The van der Waals surface area contributed by atoms with Crippen LogP contribution in [0.4, 0.5) is 0 Å². The number of hydrogen-bond acceptors (Lipinski definition) is 2. The molecule has 0 fully saturated rings. The minimum absolute atomic E-state index is 0.377. The highest BCUT2D eigenvalue weighted by molar-refractivity contribution is 6.20. The van der Waals surface area contributed by atoms with Crippen molar-refractivity contribution in [2.75, 3.05) is 0 Å². The van der Waals surface area contributed by atoms with Crippen molar-refractivity contribution in [3.8, 4) is 0 Å². The second-order valence-electron chi connectivity index (χ2n) is 1.06. The maximum absolute atomic E-state index is 9.40. The normalized spacial score (nSPS) is 12.3. The number of alkyl halides is 1. The minimum Gasteiger partial charge on any atom is -0.211 e. The predicted molar refractivity (Wildman–Crippen MR) is 28.1 cm³/mol. The van der Waals surface area contributed by atoms with E-state index in [1.165, 1.54) is 6.08 Å². The molecule has 0 bridgehead atoms. The van der Waals surface area contributed by atoms with E-state index >= 15 is 0 Å². The van der Waals surface area contributed by atoms with E-state index in [0.29, 0.717) is 6.42 Å². The average Bonchev–Trinajstić information content (AvgIpc) is 1.68. The van der Waals surface area contributed by atoms with Crippen LogP contribution >= 0.6 is 11.6 Å². The Balaban J connectivity index is 3.35. The van der Waals surface area contributed by atoms with Crippen molar-refractivity contribution >= 4 is 17.7 Å². The van der Waals surface area contributed by atoms with Gasteiger partial charge in [0.25, 0.3) is 0 Å². The van der Waals surface area contributed by atoms with Crippen LogP contribution in [0.3, 0.4) is 0 Å². The third-order valence-corrected chi connectivity index (χ3v) is 0.936. The summed E-state index contributed by atoms with van der Waals surface area (Å²) in [5, 5.41) is 0. The van der Waals surface area contributed by atoms with Crippen molar-refractivity contribution in [1.82, 2.24) is 0 Å². The van der Waals surface area contributed by atoms with E-state index in [1.807, 2.05) is 6.92 Å². The molecule has 1 unspecified atom stereocenters. The summed E-state index contributed by atoms with van der Waals surface area (Å²) in [5.74, 6) is 0. The van der Waals surface area contributed by atoms with Crippen LogP contribution in [0.25, 0.3) is 0 Å². The minimum atomic E-state index is -0.377. The van der Waals surface area contributed by atoms with Crippen molar-refractivity contribution in [2.24, 2.45) is 4.99 Å². The molecule has 3 heteroatoms. The number of rotatable bonds is 2. The third kappa shape index (κ3) is 3.50. The molecule has 0 aromatic heterocycles. The zero-order chi connectivity index (χ0) is 5.70. The van der Waals surface area contributed by atoms with Crippen molar-refractivity contribution in [3.63, 3.8) is 0 Å². The Kier molecular flexibility index (Phi) is 3.67. The molecular formula is C4H6ClNO. The van der Waals surface area contributed by atoms with Crippen LogP contribution in [-0.2, 0) is 4.79 Å². The summed E-state index contributed by atoms with van der Waals surface area (Å²) in [6.07, 6.45) is 2.04. The fourth-order valence-corrected chi connectivity index (χ4v) is 0.188. The average molecular weight is 120 g/mol. The Hall–Kier alpha value is -0.330. The molecule has 0 N–H and O–H groups in total. The largest absolute Gasteiger partial charge is 0.236 e. The lowest BCUT2D eigenvalue weighted by molar-refractivity contribution is 0.561. The molecule has 2 nitrogen and oxygen atoms in total. The molecule has 0 heterocycles. The third-order valence-electron chi connectivity index (χ3n) is 0.530. The second kappa shape index (κ2) is 3.85. The first-order valence-electron chi connectivity index (χ1n) is 2.02. The van der Waals surface area contributed by atoms with Crippen molar-refractivity contribution in [2.45, 2.75) is 18.8 Å². The topological polar surface area (TPSA) is 29.4 Å². The van der Waals surface area contributed by atoms with Crippen molar-refractivity contribution in [1.29, 1.82) is 0 Å². The first-order valence-corrected chi connectivity index (χ1v) is 2.46. The van der Waals surface area contributed by atoms with Crippen molar-refractivity contribution in [3.05, 3.63) is 0 Å². The molecule has 0 rings (SSSR count). The highest BCUT2D eigenvalue weighted by Gasteiger charge is 1.91. The summed E-state index contributed by atoms with van der Waals surface area (Å²) in [6.45, 7) is 1.85. The van der Waals surface area contributed by atoms with Gasteiger partial charge in [0, 0.05) is 0 Å². The van der Waals surface area contributed by atoms with Gasteiger partial charge in [-0.1, -0.05) is 18.5 Å². The molecule has 7 heavy (non-hydrogen) atoms. The fraction of sp³-hybridized carbons (Fsp3) is 0.750. The number of nitrogens with zero attached hydrogens (tertiary/aromatic N) is 1. The molecule has 40 valence electrons. The van der Waals surface area contributed by atoms with Gasteiger partial charge in [-0.05, 0) is 6.42 Å². The summed E-state index contributed by atoms with van der Waals surface area (Å²) in [4.78, 5) is 12.6. The zero-order valence-electron chi connectivity index (χ0n) is 4.02. The second-order valence-corrected chi connectivity index (χ2v) is 1.57. The Morgan fingerprint density at radius 2 is 2.57 bits per heavy atom. The van der Waals surface area contributed by atoms with Gasteiger partial charge in [0.2, 0.25) is 6.08 Å². The number of hydrogen-bond donors (Lipinski definition) is 0. The van der Waals surface area contributed by atoms with Gasteiger partial charge in [0.1, 0.15) is 5.50 Å². The lowest BCUT2D eigenvalue weighted by atomic mass is 10.5. The van der Waals surface area contributed by atoms with Gasteiger partial charge in [-0.3, -0.25) is 0 Å². The smallest absolute Gasteiger partial charge is 0.211 e. The Morgan fingerprint density at radius 3 is 2.71 bits per heavy atom.